The van der Waals surface area contributed by atoms with E-state index in [-0.39, 0.29) is 47.1 Å². The molecule has 2 aliphatic heterocycles. The fourth-order valence-corrected chi connectivity index (χ4v) is 4.36. The Bertz CT molecular complexity index is 518. The number of rotatable bonds is 4. The summed E-state index contributed by atoms with van der Waals surface area (Å²) in [5, 5.41) is 2.83. The molecule has 4 aliphatic rings. The van der Waals surface area contributed by atoms with E-state index in [1.54, 1.807) is 6.92 Å². The number of carbonyl (C=O) groups excluding carboxylic acids is 2. The molecular formula is C18H27NO5. The lowest BCUT2D eigenvalue weighted by Crippen LogP contribution is -2.42. The van der Waals surface area contributed by atoms with Crippen molar-refractivity contribution in [3.63, 3.8) is 0 Å². The number of hydrogen-bond donors (Lipinski definition) is 1. The molecule has 4 fully saturated rings. The number of hydrogen-bond acceptors (Lipinski definition) is 5. The van der Waals surface area contributed by atoms with Gasteiger partial charge >= 0.3 is 5.97 Å². The molecule has 1 amide bonds. The van der Waals surface area contributed by atoms with Crippen molar-refractivity contribution in [2.24, 2.45) is 11.8 Å². The number of epoxide rings is 2. The Balaban J connectivity index is 1.22. The van der Waals surface area contributed by atoms with E-state index in [0.29, 0.717) is 0 Å². The monoisotopic (exact) mass is 337 g/mol. The first kappa shape index (κ1) is 16.3. The van der Waals surface area contributed by atoms with Gasteiger partial charge in [-0.25, -0.2) is 0 Å². The minimum Gasteiger partial charge on any atom is -0.442 e. The third kappa shape index (κ3) is 2.94. The third-order valence-electron chi connectivity index (χ3n) is 6.39. The molecule has 0 aromatic carbocycles. The van der Waals surface area contributed by atoms with Crippen LogP contribution in [-0.2, 0) is 23.8 Å². The molecule has 2 aliphatic carbocycles. The van der Waals surface area contributed by atoms with Gasteiger partial charge in [0.2, 0.25) is 5.91 Å². The van der Waals surface area contributed by atoms with Crippen LogP contribution in [0.3, 0.4) is 0 Å². The first-order valence-electron chi connectivity index (χ1n) is 9.16. The van der Waals surface area contributed by atoms with Gasteiger partial charge in [-0.1, -0.05) is 0 Å². The average Bonchev–Trinajstić information content (AvgIpc) is 3.37. The van der Waals surface area contributed by atoms with Crippen molar-refractivity contribution in [2.75, 3.05) is 0 Å². The highest BCUT2D eigenvalue weighted by molar-refractivity contribution is 5.79. The minimum atomic E-state index is -0.591. The summed E-state index contributed by atoms with van der Waals surface area (Å²) in [6.45, 7) is 5.92. The van der Waals surface area contributed by atoms with Crippen LogP contribution in [0, 0.1) is 11.8 Å². The summed E-state index contributed by atoms with van der Waals surface area (Å²) in [7, 11) is 0. The fourth-order valence-electron chi connectivity index (χ4n) is 4.36. The topological polar surface area (TPSA) is 80.5 Å². The molecular weight excluding hydrogens is 310 g/mol. The molecule has 6 heteroatoms. The highest BCUT2D eigenvalue weighted by Crippen LogP contribution is 2.50. The van der Waals surface area contributed by atoms with Gasteiger partial charge in [-0.3, -0.25) is 9.59 Å². The van der Waals surface area contributed by atoms with Crippen LogP contribution in [-0.4, -0.2) is 41.5 Å². The van der Waals surface area contributed by atoms with Crippen molar-refractivity contribution in [3.05, 3.63) is 0 Å². The van der Waals surface area contributed by atoms with Crippen LogP contribution in [0.1, 0.15) is 59.3 Å². The van der Waals surface area contributed by atoms with Crippen LogP contribution in [0.15, 0.2) is 0 Å². The molecule has 0 bridgehead atoms. The van der Waals surface area contributed by atoms with Gasteiger partial charge in [-0.2, -0.15) is 0 Å². The number of esters is 1. The summed E-state index contributed by atoms with van der Waals surface area (Å²) in [5.41, 5.74) is 0.00615. The number of fused-ring (bicyclic) bond motifs is 2. The van der Waals surface area contributed by atoms with E-state index in [4.69, 9.17) is 14.2 Å². The fraction of sp³-hybridized carbons (Fsp3) is 0.889. The normalized spacial score (nSPS) is 47.0. The molecule has 4 rings (SSSR count). The van der Waals surface area contributed by atoms with Crippen LogP contribution in [0.2, 0.25) is 0 Å². The molecule has 7 atom stereocenters. The first-order valence-corrected chi connectivity index (χ1v) is 9.16. The Labute approximate surface area is 142 Å². The van der Waals surface area contributed by atoms with Crippen molar-refractivity contribution in [1.82, 2.24) is 5.32 Å². The van der Waals surface area contributed by atoms with E-state index in [1.807, 2.05) is 0 Å². The second-order valence-corrected chi connectivity index (χ2v) is 8.37. The van der Waals surface area contributed by atoms with Crippen LogP contribution < -0.4 is 5.32 Å². The molecule has 2 saturated carbocycles. The zero-order valence-electron chi connectivity index (χ0n) is 14.7. The molecule has 0 aromatic rings. The van der Waals surface area contributed by atoms with Gasteiger partial charge in [0, 0.05) is 5.92 Å². The third-order valence-corrected chi connectivity index (χ3v) is 6.39. The molecule has 24 heavy (non-hydrogen) atoms. The van der Waals surface area contributed by atoms with Crippen molar-refractivity contribution in [2.45, 2.75) is 88.9 Å². The van der Waals surface area contributed by atoms with E-state index in [2.05, 4.69) is 19.2 Å². The highest BCUT2D eigenvalue weighted by Gasteiger charge is 2.57. The first-order chi connectivity index (χ1) is 11.3. The summed E-state index contributed by atoms with van der Waals surface area (Å²) in [6.07, 6.45) is 4.78. The van der Waals surface area contributed by atoms with Gasteiger partial charge in [0.15, 0.2) is 6.23 Å². The van der Waals surface area contributed by atoms with Gasteiger partial charge in [0.1, 0.15) is 0 Å². The predicted molar refractivity (Wildman–Crippen MR) is 84.9 cm³/mol. The number of ether oxygens (including phenoxy) is 3. The maximum atomic E-state index is 12.4. The van der Waals surface area contributed by atoms with Crippen molar-refractivity contribution in [1.29, 1.82) is 0 Å². The molecule has 0 aromatic heterocycles. The highest BCUT2D eigenvalue weighted by atomic mass is 16.6. The lowest BCUT2D eigenvalue weighted by atomic mass is 9.82. The second-order valence-electron chi connectivity index (χ2n) is 8.37. The van der Waals surface area contributed by atoms with Crippen molar-refractivity contribution < 1.29 is 23.8 Å². The summed E-state index contributed by atoms with van der Waals surface area (Å²) < 4.78 is 16.7. The quantitative estimate of drug-likeness (QED) is 0.481. The zero-order valence-corrected chi connectivity index (χ0v) is 14.7. The lowest BCUT2D eigenvalue weighted by molar-refractivity contribution is -0.157. The standard InChI is InChI=1S/C18H27NO5/c1-10(19-15(20)11-4-6-17(2)13(8-11)23-17)22-16(21)12-5-7-18(3)14(9-12)24-18/h10-14H,4-9H2,1-3H3,(H,19,20). The summed E-state index contributed by atoms with van der Waals surface area (Å²) in [4.78, 5) is 24.6. The van der Waals surface area contributed by atoms with E-state index < -0.39 is 6.23 Å². The molecule has 0 spiro atoms. The lowest BCUT2D eigenvalue weighted by Gasteiger charge is -2.25. The Morgan fingerprint density at radius 1 is 1.04 bits per heavy atom. The Hall–Kier alpha value is -1.14. The Morgan fingerprint density at radius 2 is 1.58 bits per heavy atom. The van der Waals surface area contributed by atoms with Crippen LogP contribution in [0.25, 0.3) is 0 Å². The summed E-state index contributed by atoms with van der Waals surface area (Å²) in [6, 6.07) is 0. The SMILES string of the molecule is CC(NC(=O)C1CCC2(C)OC2C1)OC(=O)C1CCC2(C)OC2C1. The van der Waals surface area contributed by atoms with Crippen molar-refractivity contribution in [3.8, 4) is 0 Å². The smallest absolute Gasteiger partial charge is 0.310 e. The van der Waals surface area contributed by atoms with Crippen molar-refractivity contribution >= 4 is 11.9 Å². The van der Waals surface area contributed by atoms with Gasteiger partial charge in [-0.05, 0) is 59.3 Å². The largest absolute Gasteiger partial charge is 0.442 e. The van der Waals surface area contributed by atoms with Gasteiger partial charge in [0.05, 0.1) is 29.3 Å². The molecule has 134 valence electrons. The average molecular weight is 337 g/mol. The maximum absolute atomic E-state index is 12.4. The van der Waals surface area contributed by atoms with E-state index in [0.717, 1.165) is 38.5 Å². The van der Waals surface area contributed by atoms with Gasteiger partial charge < -0.3 is 19.5 Å². The van der Waals surface area contributed by atoms with E-state index in [1.165, 1.54) is 0 Å². The van der Waals surface area contributed by atoms with E-state index >= 15 is 0 Å². The molecule has 7 unspecified atom stereocenters. The molecule has 6 nitrogen and oxygen atoms in total. The summed E-state index contributed by atoms with van der Waals surface area (Å²) in [5.74, 6) is -0.404. The number of nitrogens with one attached hydrogen (secondary N) is 1. The predicted octanol–water partition coefficient (Wildman–Crippen LogP) is 1.91. The van der Waals surface area contributed by atoms with E-state index in [9.17, 15) is 9.59 Å². The van der Waals surface area contributed by atoms with Crippen LogP contribution >= 0.6 is 0 Å². The number of carbonyl (C=O) groups is 2. The van der Waals surface area contributed by atoms with Crippen LogP contribution in [0.4, 0.5) is 0 Å². The minimum absolute atomic E-state index is 0.00300. The zero-order chi connectivity index (χ0) is 17.1. The van der Waals surface area contributed by atoms with Gasteiger partial charge in [0.25, 0.3) is 0 Å². The Kier molecular flexibility index (Phi) is 3.69. The maximum Gasteiger partial charge on any atom is 0.310 e. The molecule has 2 heterocycles. The molecule has 1 N–H and O–H groups in total. The Morgan fingerprint density at radius 3 is 2.17 bits per heavy atom. The molecule has 2 saturated heterocycles. The number of amides is 1. The van der Waals surface area contributed by atoms with Crippen LogP contribution in [0.5, 0.6) is 0 Å². The molecule has 0 radical (unpaired) electrons. The summed E-state index contributed by atoms with van der Waals surface area (Å²) >= 11 is 0. The second kappa shape index (κ2) is 5.43. The van der Waals surface area contributed by atoms with Gasteiger partial charge in [-0.15, -0.1) is 0 Å².